The molecule has 1 amide bonds. The molecule has 1 aliphatic rings. The topological polar surface area (TPSA) is 77.7 Å². The number of anilines is 1. The van der Waals surface area contributed by atoms with E-state index in [0.29, 0.717) is 28.8 Å². The van der Waals surface area contributed by atoms with E-state index in [1.54, 1.807) is 31.4 Å². The second kappa shape index (κ2) is 7.71. The molecule has 1 aliphatic heterocycles. The molecule has 0 aliphatic carbocycles. The van der Waals surface area contributed by atoms with Crippen molar-refractivity contribution < 1.29 is 23.2 Å². The fourth-order valence-electron chi connectivity index (χ4n) is 3.30. The fraction of sp³-hybridized carbons (Fsp3) is 0.250. The van der Waals surface area contributed by atoms with Crippen LogP contribution in [0.3, 0.4) is 0 Å². The smallest absolute Gasteiger partial charge is 0.232 e. The molecule has 150 valence electrons. The molecule has 9 heteroatoms. The zero-order valence-corrected chi connectivity index (χ0v) is 16.4. The Morgan fingerprint density at radius 2 is 2.00 bits per heavy atom. The Kier molecular flexibility index (Phi) is 5.10. The molecular formula is C20H17ClFN3O4. The van der Waals surface area contributed by atoms with Gasteiger partial charge in [-0.05, 0) is 30.3 Å². The summed E-state index contributed by atoms with van der Waals surface area (Å²) in [6.07, 6.45) is 0.138. The Bertz CT molecular complexity index is 1070. The second-order valence-electron chi connectivity index (χ2n) is 6.50. The molecule has 0 N–H and O–H groups in total. The molecular weight excluding hydrogens is 401 g/mol. The van der Waals surface area contributed by atoms with Crippen LogP contribution in [0.15, 0.2) is 40.9 Å². The summed E-state index contributed by atoms with van der Waals surface area (Å²) in [5, 5.41) is 3.97. The van der Waals surface area contributed by atoms with E-state index >= 15 is 0 Å². The van der Waals surface area contributed by atoms with Crippen molar-refractivity contribution in [3.05, 3.63) is 53.1 Å². The van der Waals surface area contributed by atoms with Gasteiger partial charge in [0.05, 0.1) is 30.8 Å². The summed E-state index contributed by atoms with van der Waals surface area (Å²) < 4.78 is 30.2. The van der Waals surface area contributed by atoms with Crippen molar-refractivity contribution in [2.75, 3.05) is 25.7 Å². The van der Waals surface area contributed by atoms with Crippen LogP contribution in [0.25, 0.3) is 11.4 Å². The molecule has 0 saturated carbocycles. The van der Waals surface area contributed by atoms with Crippen molar-refractivity contribution in [1.29, 1.82) is 0 Å². The second-order valence-corrected chi connectivity index (χ2v) is 6.91. The van der Waals surface area contributed by atoms with Crippen molar-refractivity contribution in [1.82, 2.24) is 10.1 Å². The number of rotatable bonds is 5. The maximum absolute atomic E-state index is 14.3. The van der Waals surface area contributed by atoms with Gasteiger partial charge in [0, 0.05) is 18.5 Å². The summed E-state index contributed by atoms with van der Waals surface area (Å²) in [5.41, 5.74) is 0.823. The van der Waals surface area contributed by atoms with E-state index in [9.17, 15) is 9.18 Å². The van der Waals surface area contributed by atoms with Crippen LogP contribution in [0.5, 0.6) is 11.5 Å². The van der Waals surface area contributed by atoms with Crippen LogP contribution in [-0.4, -0.2) is 36.8 Å². The van der Waals surface area contributed by atoms with Crippen molar-refractivity contribution in [2.24, 2.45) is 0 Å². The number of methoxy groups -OCH3 is 2. The molecule has 29 heavy (non-hydrogen) atoms. The lowest BCUT2D eigenvalue weighted by Gasteiger charge is -2.17. The molecule has 1 saturated heterocycles. The summed E-state index contributed by atoms with van der Waals surface area (Å²) >= 11 is 5.84. The van der Waals surface area contributed by atoms with Crippen LogP contribution in [0, 0.1) is 5.82 Å². The molecule has 1 fully saturated rings. The van der Waals surface area contributed by atoms with Gasteiger partial charge in [-0.15, -0.1) is 0 Å². The third kappa shape index (κ3) is 3.51. The van der Waals surface area contributed by atoms with Crippen LogP contribution in [-0.2, 0) is 4.79 Å². The SMILES string of the molecule is COc1ccc(-c2noc(C3CC(=O)N(c4cccc(Cl)c4F)C3)n2)cc1OC. The minimum atomic E-state index is -0.625. The van der Waals surface area contributed by atoms with Gasteiger partial charge in [-0.2, -0.15) is 4.98 Å². The van der Waals surface area contributed by atoms with Crippen molar-refractivity contribution in [3.8, 4) is 22.9 Å². The third-order valence-corrected chi connectivity index (χ3v) is 5.07. The summed E-state index contributed by atoms with van der Waals surface area (Å²) in [6, 6.07) is 9.82. The average Bonchev–Trinajstić information content (AvgIpc) is 3.36. The Morgan fingerprint density at radius 1 is 1.21 bits per heavy atom. The van der Waals surface area contributed by atoms with Crippen LogP contribution in [0.2, 0.25) is 5.02 Å². The maximum atomic E-state index is 14.3. The van der Waals surface area contributed by atoms with Crippen molar-refractivity contribution in [3.63, 3.8) is 0 Å². The Labute approximate surface area is 171 Å². The Morgan fingerprint density at radius 3 is 2.76 bits per heavy atom. The molecule has 0 spiro atoms. The van der Waals surface area contributed by atoms with E-state index in [-0.39, 0.29) is 35.5 Å². The average molecular weight is 418 g/mol. The number of carbonyl (C=O) groups excluding carboxylic acids is 1. The van der Waals surface area contributed by atoms with Gasteiger partial charge in [0.1, 0.15) is 0 Å². The molecule has 1 atom stereocenters. The van der Waals surface area contributed by atoms with Gasteiger partial charge in [0.2, 0.25) is 17.6 Å². The van der Waals surface area contributed by atoms with Crippen molar-refractivity contribution >= 4 is 23.2 Å². The van der Waals surface area contributed by atoms with Crippen LogP contribution in [0.4, 0.5) is 10.1 Å². The lowest BCUT2D eigenvalue weighted by molar-refractivity contribution is -0.117. The molecule has 2 aromatic carbocycles. The number of benzene rings is 2. The first-order valence-corrected chi connectivity index (χ1v) is 9.20. The summed E-state index contributed by atoms with van der Waals surface area (Å²) in [4.78, 5) is 18.2. The number of hydrogen-bond acceptors (Lipinski definition) is 6. The highest BCUT2D eigenvalue weighted by molar-refractivity contribution is 6.31. The molecule has 4 rings (SSSR count). The first kappa shape index (κ1) is 19.2. The summed E-state index contributed by atoms with van der Waals surface area (Å²) in [6.45, 7) is 0.226. The number of hydrogen-bond donors (Lipinski definition) is 0. The monoisotopic (exact) mass is 417 g/mol. The first-order valence-electron chi connectivity index (χ1n) is 8.82. The minimum absolute atomic E-state index is 0.0349. The van der Waals surface area contributed by atoms with E-state index in [1.165, 1.54) is 24.1 Å². The van der Waals surface area contributed by atoms with Gasteiger partial charge in [-0.1, -0.05) is 22.8 Å². The van der Waals surface area contributed by atoms with Gasteiger partial charge < -0.3 is 18.9 Å². The van der Waals surface area contributed by atoms with Gasteiger partial charge in [0.15, 0.2) is 17.3 Å². The number of nitrogens with zero attached hydrogens (tertiary/aromatic N) is 3. The van der Waals surface area contributed by atoms with E-state index in [0.717, 1.165) is 0 Å². The highest BCUT2D eigenvalue weighted by Gasteiger charge is 2.36. The highest BCUT2D eigenvalue weighted by atomic mass is 35.5. The number of halogens is 2. The summed E-state index contributed by atoms with van der Waals surface area (Å²) in [5.74, 6) is 0.591. The van der Waals surface area contributed by atoms with Crippen LogP contribution >= 0.6 is 11.6 Å². The molecule has 0 bridgehead atoms. The van der Waals surface area contributed by atoms with E-state index in [1.807, 2.05) is 0 Å². The maximum Gasteiger partial charge on any atom is 0.232 e. The van der Waals surface area contributed by atoms with Gasteiger partial charge in [-0.3, -0.25) is 4.79 Å². The number of carbonyl (C=O) groups is 1. The van der Waals surface area contributed by atoms with Crippen molar-refractivity contribution in [2.45, 2.75) is 12.3 Å². The van der Waals surface area contributed by atoms with Crippen LogP contribution < -0.4 is 14.4 Å². The molecule has 3 aromatic rings. The lowest BCUT2D eigenvalue weighted by Crippen LogP contribution is -2.25. The normalized spacial score (nSPS) is 16.3. The highest BCUT2D eigenvalue weighted by Crippen LogP contribution is 2.36. The number of ether oxygens (including phenoxy) is 2. The fourth-order valence-corrected chi connectivity index (χ4v) is 3.47. The van der Waals surface area contributed by atoms with Crippen LogP contribution in [0.1, 0.15) is 18.2 Å². The standard InChI is InChI=1S/C20H17ClFN3O4/c1-27-15-7-6-11(8-16(15)28-2)19-23-20(29-24-19)12-9-17(26)25(10-12)14-5-3-4-13(21)18(14)22/h3-8,12H,9-10H2,1-2H3. The quantitative estimate of drug-likeness (QED) is 0.622. The predicted molar refractivity (Wildman–Crippen MR) is 104 cm³/mol. The third-order valence-electron chi connectivity index (χ3n) is 4.78. The Balaban J connectivity index is 1.58. The Hall–Kier alpha value is -3.13. The van der Waals surface area contributed by atoms with Gasteiger partial charge in [0.25, 0.3) is 0 Å². The van der Waals surface area contributed by atoms with E-state index in [4.69, 9.17) is 25.6 Å². The van der Waals surface area contributed by atoms with Gasteiger partial charge in [-0.25, -0.2) is 4.39 Å². The molecule has 1 aromatic heterocycles. The van der Waals surface area contributed by atoms with E-state index in [2.05, 4.69) is 10.1 Å². The molecule has 0 radical (unpaired) electrons. The van der Waals surface area contributed by atoms with Gasteiger partial charge >= 0.3 is 0 Å². The molecule has 2 heterocycles. The first-order chi connectivity index (χ1) is 14.0. The lowest BCUT2D eigenvalue weighted by atomic mass is 10.1. The van der Waals surface area contributed by atoms with E-state index < -0.39 is 5.82 Å². The zero-order valence-electron chi connectivity index (χ0n) is 15.7. The molecule has 1 unspecified atom stereocenters. The zero-order chi connectivity index (χ0) is 20.5. The number of aromatic nitrogens is 2. The molecule has 7 nitrogen and oxygen atoms in total. The minimum Gasteiger partial charge on any atom is -0.493 e. The number of amides is 1. The predicted octanol–water partition coefficient (Wildman–Crippen LogP) is 4.07. The largest absolute Gasteiger partial charge is 0.493 e. The summed E-state index contributed by atoms with van der Waals surface area (Å²) in [7, 11) is 3.09.